The number of carbonyl (C=O) groups excluding carboxylic acids is 2. The Hall–Kier alpha value is -2.69. The second-order valence-electron chi connectivity index (χ2n) is 7.23. The van der Waals surface area contributed by atoms with Crippen LogP contribution in [0.4, 0.5) is 15.8 Å². The molecule has 0 unspecified atom stereocenters. The lowest BCUT2D eigenvalue weighted by Crippen LogP contribution is -2.49. The summed E-state index contributed by atoms with van der Waals surface area (Å²) >= 11 is 6.20. The number of carbonyl (C=O) groups is 2. The van der Waals surface area contributed by atoms with Crippen LogP contribution in [0, 0.1) is 5.82 Å². The van der Waals surface area contributed by atoms with Gasteiger partial charge < -0.3 is 15.0 Å². The molecule has 11 heteroatoms. The molecule has 4 rings (SSSR count). The van der Waals surface area contributed by atoms with Gasteiger partial charge in [0.2, 0.25) is 10.0 Å². The Bertz CT molecular complexity index is 1180. The predicted octanol–water partition coefficient (Wildman–Crippen LogP) is 2.52. The van der Waals surface area contributed by atoms with Gasteiger partial charge >= 0.3 is 0 Å². The van der Waals surface area contributed by atoms with Gasteiger partial charge in [-0.1, -0.05) is 11.6 Å². The third-order valence-electron chi connectivity index (χ3n) is 5.22. The molecule has 0 radical (unpaired) electrons. The standard InChI is InChI=1S/C20H19ClFN3O5S/c1-12(26)13-2-3-17(15(22)8-13)24-4-6-25(7-5-24)31(28,29)19-10-18-16(9-14(19)21)23-20(27)11-30-18/h2-3,8-10H,4-7,11H2,1H3,(H,23,27). The van der Waals surface area contributed by atoms with E-state index in [1.807, 2.05) is 0 Å². The molecule has 31 heavy (non-hydrogen) atoms. The molecule has 2 aliphatic rings. The summed E-state index contributed by atoms with van der Waals surface area (Å²) in [6, 6.07) is 6.92. The first-order chi connectivity index (χ1) is 14.7. The van der Waals surface area contributed by atoms with Gasteiger partial charge in [0.1, 0.15) is 16.5 Å². The SMILES string of the molecule is CC(=O)c1ccc(N2CCN(S(=O)(=O)c3cc4c(cc3Cl)NC(=O)CO4)CC2)c(F)c1. The largest absolute Gasteiger partial charge is 0.482 e. The molecule has 0 spiro atoms. The molecule has 1 amide bonds. The Morgan fingerprint density at radius 1 is 1.16 bits per heavy atom. The summed E-state index contributed by atoms with van der Waals surface area (Å²) in [5, 5.41) is 2.55. The van der Waals surface area contributed by atoms with Crippen molar-refractivity contribution in [3.05, 3.63) is 46.7 Å². The van der Waals surface area contributed by atoms with Gasteiger partial charge in [-0.3, -0.25) is 9.59 Å². The van der Waals surface area contributed by atoms with Crippen LogP contribution in [-0.2, 0) is 14.8 Å². The molecule has 2 aromatic carbocycles. The summed E-state index contributed by atoms with van der Waals surface area (Å²) in [7, 11) is -3.93. The first-order valence-corrected chi connectivity index (χ1v) is 11.3. The van der Waals surface area contributed by atoms with E-state index >= 15 is 0 Å². The highest BCUT2D eigenvalue weighted by Gasteiger charge is 2.32. The van der Waals surface area contributed by atoms with E-state index in [1.165, 1.54) is 35.5 Å². The number of benzene rings is 2. The number of Topliss-reactive ketones (excluding diaryl/α,β-unsaturated/α-hetero) is 1. The Balaban J connectivity index is 1.52. The highest BCUT2D eigenvalue weighted by atomic mass is 35.5. The average Bonchev–Trinajstić information content (AvgIpc) is 2.73. The summed E-state index contributed by atoms with van der Waals surface area (Å²) in [6.07, 6.45) is 0. The number of ether oxygens (including phenoxy) is 1. The summed E-state index contributed by atoms with van der Waals surface area (Å²) in [5.74, 6) is -0.875. The lowest BCUT2D eigenvalue weighted by Gasteiger charge is -2.35. The number of halogens is 2. The zero-order valence-electron chi connectivity index (χ0n) is 16.5. The summed E-state index contributed by atoms with van der Waals surface area (Å²) in [5.41, 5.74) is 0.912. The van der Waals surface area contributed by atoms with Gasteiger partial charge in [-0.15, -0.1) is 0 Å². The third kappa shape index (κ3) is 4.10. The minimum absolute atomic E-state index is 0.0298. The van der Waals surface area contributed by atoms with Crippen LogP contribution in [0.1, 0.15) is 17.3 Å². The number of sulfonamides is 1. The maximum absolute atomic E-state index is 14.4. The van der Waals surface area contributed by atoms with Crippen molar-refractivity contribution in [2.75, 3.05) is 43.0 Å². The molecule has 0 saturated carbocycles. The molecule has 0 bridgehead atoms. The van der Waals surface area contributed by atoms with Gasteiger partial charge in [-0.25, -0.2) is 12.8 Å². The Morgan fingerprint density at radius 3 is 2.52 bits per heavy atom. The number of hydrogen-bond acceptors (Lipinski definition) is 6. The van der Waals surface area contributed by atoms with Crippen LogP contribution in [0.15, 0.2) is 35.2 Å². The van der Waals surface area contributed by atoms with Crippen molar-refractivity contribution in [3.8, 4) is 5.75 Å². The molecule has 8 nitrogen and oxygen atoms in total. The van der Waals surface area contributed by atoms with E-state index < -0.39 is 15.8 Å². The minimum atomic E-state index is -3.93. The molecule has 0 aromatic heterocycles. The fourth-order valence-electron chi connectivity index (χ4n) is 3.57. The van der Waals surface area contributed by atoms with Crippen molar-refractivity contribution in [2.24, 2.45) is 0 Å². The number of hydrogen-bond donors (Lipinski definition) is 1. The lowest BCUT2D eigenvalue weighted by atomic mass is 10.1. The Morgan fingerprint density at radius 2 is 1.87 bits per heavy atom. The molecule has 2 aliphatic heterocycles. The molecule has 2 heterocycles. The molecule has 1 N–H and O–H groups in total. The topological polar surface area (TPSA) is 96.0 Å². The van der Waals surface area contributed by atoms with Crippen molar-refractivity contribution in [3.63, 3.8) is 0 Å². The summed E-state index contributed by atoms with van der Waals surface area (Å²) in [4.78, 5) is 24.5. The first-order valence-electron chi connectivity index (χ1n) is 9.48. The number of piperazine rings is 1. The molecular formula is C20H19ClFN3O5S. The number of anilines is 2. The molecule has 0 atom stereocenters. The van der Waals surface area contributed by atoms with Crippen molar-refractivity contribution in [1.82, 2.24) is 4.31 Å². The van der Waals surface area contributed by atoms with E-state index in [-0.39, 0.29) is 65.7 Å². The van der Waals surface area contributed by atoms with E-state index in [4.69, 9.17) is 16.3 Å². The van der Waals surface area contributed by atoms with Crippen LogP contribution >= 0.6 is 11.6 Å². The molecular weight excluding hydrogens is 449 g/mol. The van der Waals surface area contributed by atoms with Crippen LogP contribution in [0.25, 0.3) is 0 Å². The van der Waals surface area contributed by atoms with Gasteiger partial charge in [-0.05, 0) is 31.2 Å². The third-order valence-corrected chi connectivity index (χ3v) is 7.58. The first kappa shape index (κ1) is 21.5. The highest BCUT2D eigenvalue weighted by molar-refractivity contribution is 7.89. The smallest absolute Gasteiger partial charge is 0.262 e. The highest BCUT2D eigenvalue weighted by Crippen LogP contribution is 2.37. The van der Waals surface area contributed by atoms with Crippen molar-refractivity contribution in [1.29, 1.82) is 0 Å². The second-order valence-corrected chi connectivity index (χ2v) is 9.54. The van der Waals surface area contributed by atoms with Gasteiger partial charge in [0, 0.05) is 37.8 Å². The van der Waals surface area contributed by atoms with Gasteiger partial charge in [-0.2, -0.15) is 4.31 Å². The van der Waals surface area contributed by atoms with Gasteiger partial charge in [0.15, 0.2) is 12.4 Å². The normalized spacial score (nSPS) is 17.0. The Labute approximate surface area is 183 Å². The van der Waals surface area contributed by atoms with Crippen LogP contribution < -0.4 is 15.0 Å². The molecule has 0 aliphatic carbocycles. The maximum atomic E-state index is 14.4. The number of amides is 1. The van der Waals surface area contributed by atoms with E-state index in [2.05, 4.69) is 5.32 Å². The zero-order chi connectivity index (χ0) is 22.3. The van der Waals surface area contributed by atoms with Crippen LogP contribution in [0.2, 0.25) is 5.02 Å². The van der Waals surface area contributed by atoms with Crippen LogP contribution in [0.5, 0.6) is 5.75 Å². The maximum Gasteiger partial charge on any atom is 0.262 e. The number of rotatable bonds is 4. The quantitative estimate of drug-likeness (QED) is 0.694. The molecule has 1 fully saturated rings. The fraction of sp³-hybridized carbons (Fsp3) is 0.300. The monoisotopic (exact) mass is 467 g/mol. The minimum Gasteiger partial charge on any atom is -0.482 e. The molecule has 1 saturated heterocycles. The summed E-state index contributed by atoms with van der Waals surface area (Å²) in [6.45, 7) is 1.95. The Kier molecular flexibility index (Phi) is 5.63. The zero-order valence-corrected chi connectivity index (χ0v) is 18.1. The van der Waals surface area contributed by atoms with Crippen molar-refractivity contribution >= 4 is 44.7 Å². The van der Waals surface area contributed by atoms with E-state index in [9.17, 15) is 22.4 Å². The van der Waals surface area contributed by atoms with Crippen molar-refractivity contribution in [2.45, 2.75) is 11.8 Å². The number of nitrogens with zero attached hydrogens (tertiary/aromatic N) is 2. The van der Waals surface area contributed by atoms with E-state index in [1.54, 1.807) is 11.0 Å². The molecule has 2 aromatic rings. The number of ketones is 1. The van der Waals surface area contributed by atoms with Gasteiger partial charge in [0.25, 0.3) is 5.91 Å². The van der Waals surface area contributed by atoms with Gasteiger partial charge in [0.05, 0.1) is 16.4 Å². The second kappa shape index (κ2) is 8.10. The fourth-order valence-corrected chi connectivity index (χ4v) is 5.51. The lowest BCUT2D eigenvalue weighted by molar-refractivity contribution is -0.118. The van der Waals surface area contributed by atoms with E-state index in [0.29, 0.717) is 11.4 Å². The van der Waals surface area contributed by atoms with Crippen LogP contribution in [0.3, 0.4) is 0 Å². The van der Waals surface area contributed by atoms with E-state index in [0.717, 1.165) is 0 Å². The van der Waals surface area contributed by atoms with Crippen molar-refractivity contribution < 1.29 is 27.1 Å². The average molecular weight is 468 g/mol. The van der Waals surface area contributed by atoms with Crippen LogP contribution in [-0.4, -0.2) is 57.2 Å². The number of fused-ring (bicyclic) bond motifs is 1. The molecule has 164 valence electrons. The summed E-state index contributed by atoms with van der Waals surface area (Å²) < 4.78 is 47.3. The number of nitrogens with one attached hydrogen (secondary N) is 1. The predicted molar refractivity (Wildman–Crippen MR) is 113 cm³/mol.